The molecule has 0 radical (unpaired) electrons. The number of methoxy groups -OCH3 is 1. The standard InChI is InChI=1S/C16H20ClN3O3S/c1-4-5-10-20(16-18-12(2)11-15(19-16)23-3)24(21,22)14-9-7-6-8-13(14)17/h6-9,11H,4-5,10H2,1-3H3. The maximum Gasteiger partial charge on any atom is 0.268 e. The number of aromatic nitrogens is 2. The summed E-state index contributed by atoms with van der Waals surface area (Å²) in [6.07, 6.45) is 1.50. The van der Waals surface area contributed by atoms with Crippen LogP contribution in [0.2, 0.25) is 5.02 Å². The number of aryl methyl sites for hydroxylation is 1. The van der Waals surface area contributed by atoms with Crippen molar-refractivity contribution < 1.29 is 13.2 Å². The van der Waals surface area contributed by atoms with E-state index in [4.69, 9.17) is 16.3 Å². The van der Waals surface area contributed by atoms with Crippen LogP contribution in [0, 0.1) is 6.92 Å². The van der Waals surface area contributed by atoms with Gasteiger partial charge >= 0.3 is 0 Å². The molecule has 1 heterocycles. The molecule has 8 heteroatoms. The fourth-order valence-electron chi connectivity index (χ4n) is 2.14. The van der Waals surface area contributed by atoms with Crippen molar-refractivity contribution in [3.8, 4) is 5.88 Å². The molecule has 0 unspecified atom stereocenters. The molecule has 0 N–H and O–H groups in total. The van der Waals surface area contributed by atoms with Crippen molar-refractivity contribution in [2.45, 2.75) is 31.6 Å². The Bertz CT molecular complexity index is 812. The van der Waals surface area contributed by atoms with Crippen LogP contribution in [-0.2, 0) is 10.0 Å². The van der Waals surface area contributed by atoms with E-state index in [2.05, 4.69) is 9.97 Å². The molecule has 2 aromatic rings. The average molecular weight is 370 g/mol. The van der Waals surface area contributed by atoms with E-state index in [1.165, 1.54) is 17.5 Å². The summed E-state index contributed by atoms with van der Waals surface area (Å²) in [4.78, 5) is 8.50. The lowest BCUT2D eigenvalue weighted by atomic mass is 10.3. The molecule has 0 aliphatic rings. The van der Waals surface area contributed by atoms with Gasteiger partial charge in [-0.15, -0.1) is 0 Å². The first kappa shape index (κ1) is 18.5. The first-order valence-electron chi connectivity index (χ1n) is 7.57. The van der Waals surface area contributed by atoms with Crippen molar-refractivity contribution in [2.24, 2.45) is 0 Å². The van der Waals surface area contributed by atoms with Gasteiger partial charge in [0.15, 0.2) is 0 Å². The summed E-state index contributed by atoms with van der Waals surface area (Å²) in [5.41, 5.74) is 0.618. The van der Waals surface area contributed by atoms with Gasteiger partial charge in [-0.25, -0.2) is 17.7 Å². The van der Waals surface area contributed by atoms with Crippen LogP contribution in [0.25, 0.3) is 0 Å². The molecule has 2 rings (SSSR count). The van der Waals surface area contributed by atoms with Crippen molar-refractivity contribution in [1.82, 2.24) is 9.97 Å². The molecule has 0 spiro atoms. The highest BCUT2D eigenvalue weighted by Crippen LogP contribution is 2.28. The Morgan fingerprint density at radius 2 is 1.96 bits per heavy atom. The largest absolute Gasteiger partial charge is 0.481 e. The monoisotopic (exact) mass is 369 g/mol. The zero-order valence-electron chi connectivity index (χ0n) is 13.9. The minimum atomic E-state index is -3.88. The Kier molecular flexibility index (Phi) is 6.01. The molecule has 0 atom stereocenters. The lowest BCUT2D eigenvalue weighted by molar-refractivity contribution is 0.396. The van der Waals surface area contributed by atoms with Crippen LogP contribution in [-0.4, -0.2) is 32.0 Å². The third-order valence-electron chi connectivity index (χ3n) is 3.37. The van der Waals surface area contributed by atoms with Gasteiger partial charge in [0, 0.05) is 18.3 Å². The molecule has 1 aromatic heterocycles. The van der Waals surface area contributed by atoms with E-state index in [9.17, 15) is 8.42 Å². The van der Waals surface area contributed by atoms with Crippen molar-refractivity contribution in [3.05, 3.63) is 41.0 Å². The maximum absolute atomic E-state index is 13.1. The summed E-state index contributed by atoms with van der Waals surface area (Å²) in [5, 5.41) is 0.165. The third-order valence-corrected chi connectivity index (χ3v) is 5.65. The highest BCUT2D eigenvalue weighted by atomic mass is 35.5. The molecule has 0 bridgehead atoms. The number of unbranched alkanes of at least 4 members (excludes halogenated alkanes) is 1. The predicted octanol–water partition coefficient (Wildman–Crippen LogP) is 3.44. The van der Waals surface area contributed by atoms with E-state index in [0.717, 1.165) is 6.42 Å². The second-order valence-electron chi connectivity index (χ2n) is 5.21. The molecule has 0 fully saturated rings. The fourth-order valence-corrected chi connectivity index (χ4v) is 4.04. The smallest absolute Gasteiger partial charge is 0.268 e. The second-order valence-corrected chi connectivity index (χ2v) is 7.45. The molecule has 24 heavy (non-hydrogen) atoms. The zero-order chi connectivity index (χ0) is 17.7. The van der Waals surface area contributed by atoms with E-state index >= 15 is 0 Å². The van der Waals surface area contributed by atoms with Crippen LogP contribution in [0.15, 0.2) is 35.2 Å². The Labute approximate surface area is 147 Å². The Hall–Kier alpha value is -1.86. The van der Waals surface area contributed by atoms with Crippen LogP contribution in [0.5, 0.6) is 5.88 Å². The third kappa shape index (κ3) is 3.96. The number of ether oxygens (including phenoxy) is 1. The molecular weight excluding hydrogens is 350 g/mol. The molecule has 0 aliphatic carbocycles. The number of nitrogens with zero attached hydrogens (tertiary/aromatic N) is 3. The van der Waals surface area contributed by atoms with Crippen molar-refractivity contribution in [3.63, 3.8) is 0 Å². The van der Waals surface area contributed by atoms with E-state index in [1.807, 2.05) is 6.92 Å². The van der Waals surface area contributed by atoms with Gasteiger partial charge in [0.05, 0.1) is 12.1 Å². The van der Waals surface area contributed by atoms with Crippen LogP contribution in [0.1, 0.15) is 25.5 Å². The normalized spacial score (nSPS) is 11.3. The summed E-state index contributed by atoms with van der Waals surface area (Å²) < 4.78 is 32.5. The molecule has 0 saturated carbocycles. The summed E-state index contributed by atoms with van der Waals surface area (Å²) in [5.74, 6) is 0.397. The van der Waals surface area contributed by atoms with E-state index < -0.39 is 10.0 Å². The SMILES string of the molecule is CCCCN(c1nc(C)cc(OC)n1)S(=O)(=O)c1ccccc1Cl. The van der Waals surface area contributed by atoms with Crippen LogP contribution < -0.4 is 9.04 Å². The maximum atomic E-state index is 13.1. The highest BCUT2D eigenvalue weighted by molar-refractivity contribution is 7.93. The summed E-state index contributed by atoms with van der Waals surface area (Å²) in [6.45, 7) is 4.00. The van der Waals surface area contributed by atoms with Gasteiger partial charge in [0.2, 0.25) is 11.8 Å². The number of benzene rings is 1. The number of rotatable bonds is 7. The van der Waals surface area contributed by atoms with Gasteiger partial charge in [-0.05, 0) is 25.5 Å². The van der Waals surface area contributed by atoms with Gasteiger partial charge in [-0.3, -0.25) is 0 Å². The molecule has 0 aliphatic heterocycles. The minimum absolute atomic E-state index is 0.0341. The summed E-state index contributed by atoms with van der Waals surface area (Å²) in [6, 6.07) is 7.98. The van der Waals surface area contributed by atoms with E-state index in [1.54, 1.807) is 31.2 Å². The summed E-state index contributed by atoms with van der Waals surface area (Å²) >= 11 is 6.09. The Morgan fingerprint density at radius 1 is 1.25 bits per heavy atom. The van der Waals surface area contributed by atoms with Crippen LogP contribution in [0.4, 0.5) is 5.95 Å². The lowest BCUT2D eigenvalue weighted by Crippen LogP contribution is -2.34. The molecule has 0 saturated heterocycles. The first-order chi connectivity index (χ1) is 11.4. The van der Waals surface area contributed by atoms with Crippen molar-refractivity contribution >= 4 is 27.6 Å². The van der Waals surface area contributed by atoms with Crippen LogP contribution >= 0.6 is 11.6 Å². The number of hydrogen-bond acceptors (Lipinski definition) is 5. The van der Waals surface area contributed by atoms with Gasteiger partial charge < -0.3 is 4.74 Å². The molecule has 130 valence electrons. The van der Waals surface area contributed by atoms with E-state index in [0.29, 0.717) is 18.0 Å². The van der Waals surface area contributed by atoms with Crippen LogP contribution in [0.3, 0.4) is 0 Å². The molecular formula is C16H20ClN3O3S. The van der Waals surface area contributed by atoms with Gasteiger partial charge in [-0.1, -0.05) is 37.1 Å². The van der Waals surface area contributed by atoms with Gasteiger partial charge in [0.1, 0.15) is 4.90 Å². The minimum Gasteiger partial charge on any atom is -0.481 e. The quantitative estimate of drug-likeness (QED) is 0.747. The first-order valence-corrected chi connectivity index (χ1v) is 9.39. The number of halogens is 1. The molecule has 0 amide bonds. The highest BCUT2D eigenvalue weighted by Gasteiger charge is 2.29. The Morgan fingerprint density at radius 3 is 2.58 bits per heavy atom. The number of anilines is 1. The summed E-state index contributed by atoms with van der Waals surface area (Å²) in [7, 11) is -2.40. The second kappa shape index (κ2) is 7.81. The zero-order valence-corrected chi connectivity index (χ0v) is 15.4. The van der Waals surface area contributed by atoms with Crippen molar-refractivity contribution in [2.75, 3.05) is 18.0 Å². The van der Waals surface area contributed by atoms with Gasteiger partial charge in [-0.2, -0.15) is 4.98 Å². The number of sulfonamides is 1. The molecule has 1 aromatic carbocycles. The topological polar surface area (TPSA) is 72.4 Å². The van der Waals surface area contributed by atoms with Gasteiger partial charge in [0.25, 0.3) is 10.0 Å². The predicted molar refractivity (Wildman–Crippen MR) is 94.2 cm³/mol. The van der Waals surface area contributed by atoms with Crippen molar-refractivity contribution in [1.29, 1.82) is 0 Å². The van der Waals surface area contributed by atoms with E-state index in [-0.39, 0.29) is 22.4 Å². The number of hydrogen-bond donors (Lipinski definition) is 0. The lowest BCUT2D eigenvalue weighted by Gasteiger charge is -2.23. The average Bonchev–Trinajstić information content (AvgIpc) is 2.54. The molecule has 6 nitrogen and oxygen atoms in total. The Balaban J connectivity index is 2.57. The fraction of sp³-hybridized carbons (Fsp3) is 0.375.